The summed E-state index contributed by atoms with van der Waals surface area (Å²) in [5, 5.41) is 4.48. The van der Waals surface area contributed by atoms with E-state index in [1.807, 2.05) is 36.4 Å². The minimum absolute atomic E-state index is 0.312. The smallest absolute Gasteiger partial charge is 0.313 e. The summed E-state index contributed by atoms with van der Waals surface area (Å²) >= 11 is 0. The van der Waals surface area contributed by atoms with Crippen molar-refractivity contribution in [3.05, 3.63) is 71.5 Å². The first-order valence-electron chi connectivity index (χ1n) is 9.17. The first kappa shape index (κ1) is 20.3. The Hall–Kier alpha value is -3.41. The molecule has 0 aliphatic rings. The number of hydrogen-bond acceptors (Lipinski definition) is 4. The van der Waals surface area contributed by atoms with Crippen LogP contribution in [0.1, 0.15) is 24.0 Å². The number of esters is 1. The molecule has 3 rings (SSSR count). The van der Waals surface area contributed by atoms with Gasteiger partial charge >= 0.3 is 5.97 Å². The van der Waals surface area contributed by atoms with Crippen molar-refractivity contribution >= 4 is 28.3 Å². The van der Waals surface area contributed by atoms with Gasteiger partial charge in [-0.05, 0) is 60.0 Å². The van der Waals surface area contributed by atoms with Gasteiger partial charge in [-0.15, -0.1) is 0 Å². The number of amides is 1. The SMILES string of the molecule is COc1ccc2cc([C@H](C)C(=O)OCC(=O)Nc3ccc(C)c(F)c3)ccc2c1. The molecule has 5 nitrogen and oxygen atoms in total. The van der Waals surface area contributed by atoms with Crippen molar-refractivity contribution in [3.8, 4) is 5.75 Å². The molecular formula is C23H22FNO4. The third-order valence-electron chi connectivity index (χ3n) is 4.73. The largest absolute Gasteiger partial charge is 0.497 e. The van der Waals surface area contributed by atoms with Crippen LogP contribution in [0.25, 0.3) is 10.8 Å². The molecule has 0 heterocycles. The fourth-order valence-corrected chi connectivity index (χ4v) is 2.90. The number of carbonyl (C=O) groups is 2. The lowest BCUT2D eigenvalue weighted by Crippen LogP contribution is -2.23. The van der Waals surface area contributed by atoms with Gasteiger partial charge in [0.15, 0.2) is 6.61 Å². The van der Waals surface area contributed by atoms with E-state index in [0.29, 0.717) is 11.3 Å². The molecule has 0 saturated carbocycles. The van der Waals surface area contributed by atoms with E-state index in [4.69, 9.17) is 9.47 Å². The highest BCUT2D eigenvalue weighted by Gasteiger charge is 2.18. The van der Waals surface area contributed by atoms with Gasteiger partial charge in [-0.25, -0.2) is 4.39 Å². The van der Waals surface area contributed by atoms with Crippen LogP contribution in [0.2, 0.25) is 0 Å². The summed E-state index contributed by atoms with van der Waals surface area (Å²) in [6, 6.07) is 15.7. The van der Waals surface area contributed by atoms with Crippen LogP contribution in [0.5, 0.6) is 5.75 Å². The third kappa shape index (κ3) is 4.90. The van der Waals surface area contributed by atoms with E-state index < -0.39 is 30.2 Å². The number of aryl methyl sites for hydroxylation is 1. The number of rotatable bonds is 6. The molecule has 1 amide bonds. The quantitative estimate of drug-likeness (QED) is 0.621. The van der Waals surface area contributed by atoms with Crippen LogP contribution in [-0.4, -0.2) is 25.6 Å². The topological polar surface area (TPSA) is 64.6 Å². The number of fused-ring (bicyclic) bond motifs is 1. The van der Waals surface area contributed by atoms with Crippen LogP contribution in [0, 0.1) is 12.7 Å². The maximum Gasteiger partial charge on any atom is 0.313 e. The number of benzene rings is 3. The van der Waals surface area contributed by atoms with Crippen molar-refractivity contribution < 1.29 is 23.5 Å². The molecule has 0 saturated heterocycles. The molecule has 0 spiro atoms. The zero-order chi connectivity index (χ0) is 21.0. The van der Waals surface area contributed by atoms with Crippen LogP contribution in [-0.2, 0) is 14.3 Å². The molecule has 0 radical (unpaired) electrons. The number of ether oxygens (including phenoxy) is 2. The highest BCUT2D eigenvalue weighted by atomic mass is 19.1. The minimum Gasteiger partial charge on any atom is -0.497 e. The molecule has 3 aromatic rings. The number of anilines is 1. The van der Waals surface area contributed by atoms with Crippen LogP contribution in [0.3, 0.4) is 0 Å². The first-order chi connectivity index (χ1) is 13.9. The van der Waals surface area contributed by atoms with Crippen molar-refractivity contribution in [3.63, 3.8) is 0 Å². The summed E-state index contributed by atoms with van der Waals surface area (Å²) < 4.78 is 23.9. The van der Waals surface area contributed by atoms with E-state index in [1.165, 1.54) is 6.07 Å². The van der Waals surface area contributed by atoms with Gasteiger partial charge in [-0.3, -0.25) is 9.59 Å². The van der Waals surface area contributed by atoms with E-state index in [2.05, 4.69) is 5.32 Å². The van der Waals surface area contributed by atoms with Gasteiger partial charge in [0, 0.05) is 5.69 Å². The number of nitrogens with one attached hydrogen (secondary N) is 1. The Kier molecular flexibility index (Phi) is 6.12. The fraction of sp³-hybridized carbons (Fsp3) is 0.217. The number of halogens is 1. The van der Waals surface area contributed by atoms with Crippen molar-refractivity contribution in [1.29, 1.82) is 0 Å². The van der Waals surface area contributed by atoms with Crippen molar-refractivity contribution in [2.75, 3.05) is 19.0 Å². The fourth-order valence-electron chi connectivity index (χ4n) is 2.90. The first-order valence-corrected chi connectivity index (χ1v) is 9.17. The molecule has 1 atom stereocenters. The number of carbonyl (C=O) groups excluding carboxylic acids is 2. The second-order valence-corrected chi connectivity index (χ2v) is 6.81. The Morgan fingerprint density at radius 3 is 2.48 bits per heavy atom. The summed E-state index contributed by atoms with van der Waals surface area (Å²) in [5.74, 6) is -1.23. The van der Waals surface area contributed by atoms with E-state index in [-0.39, 0.29) is 0 Å². The Morgan fingerprint density at radius 1 is 1.03 bits per heavy atom. The average Bonchev–Trinajstić information content (AvgIpc) is 2.73. The molecule has 0 unspecified atom stereocenters. The molecule has 1 N–H and O–H groups in total. The molecule has 0 aliphatic heterocycles. The second-order valence-electron chi connectivity index (χ2n) is 6.81. The predicted molar refractivity (Wildman–Crippen MR) is 110 cm³/mol. The molecule has 150 valence electrons. The van der Waals surface area contributed by atoms with Crippen molar-refractivity contribution in [2.45, 2.75) is 19.8 Å². The van der Waals surface area contributed by atoms with Crippen molar-refractivity contribution in [2.24, 2.45) is 0 Å². The van der Waals surface area contributed by atoms with Crippen LogP contribution < -0.4 is 10.1 Å². The minimum atomic E-state index is -0.536. The Balaban J connectivity index is 1.60. The number of methoxy groups -OCH3 is 1. The van der Waals surface area contributed by atoms with E-state index in [9.17, 15) is 14.0 Å². The van der Waals surface area contributed by atoms with Crippen LogP contribution in [0.4, 0.5) is 10.1 Å². The summed E-state index contributed by atoms with van der Waals surface area (Å²) in [5.41, 5.74) is 1.58. The molecule has 0 aliphatic carbocycles. The summed E-state index contributed by atoms with van der Waals surface area (Å²) in [6.07, 6.45) is 0. The molecule has 0 aromatic heterocycles. The van der Waals surface area contributed by atoms with Gasteiger partial charge in [0.2, 0.25) is 0 Å². The molecular weight excluding hydrogens is 373 g/mol. The Morgan fingerprint density at radius 2 is 1.76 bits per heavy atom. The van der Waals surface area contributed by atoms with Gasteiger partial charge in [0.05, 0.1) is 13.0 Å². The van der Waals surface area contributed by atoms with E-state index in [1.54, 1.807) is 33.1 Å². The third-order valence-corrected chi connectivity index (χ3v) is 4.73. The zero-order valence-corrected chi connectivity index (χ0v) is 16.5. The van der Waals surface area contributed by atoms with Crippen LogP contribution in [0.15, 0.2) is 54.6 Å². The van der Waals surface area contributed by atoms with Gasteiger partial charge in [0.1, 0.15) is 11.6 Å². The van der Waals surface area contributed by atoms with Crippen molar-refractivity contribution in [1.82, 2.24) is 0 Å². The lowest BCUT2D eigenvalue weighted by Gasteiger charge is -2.13. The Bertz CT molecular complexity index is 1060. The zero-order valence-electron chi connectivity index (χ0n) is 16.5. The van der Waals surface area contributed by atoms with Gasteiger partial charge < -0.3 is 14.8 Å². The highest BCUT2D eigenvalue weighted by Crippen LogP contribution is 2.25. The van der Waals surface area contributed by atoms with E-state index >= 15 is 0 Å². The van der Waals surface area contributed by atoms with Gasteiger partial charge in [0.25, 0.3) is 5.91 Å². The lowest BCUT2D eigenvalue weighted by atomic mass is 9.98. The number of hydrogen-bond donors (Lipinski definition) is 1. The molecule has 3 aromatic carbocycles. The predicted octanol–water partition coefficient (Wildman–Crippen LogP) is 4.58. The Labute approximate surface area is 168 Å². The van der Waals surface area contributed by atoms with Gasteiger partial charge in [-0.1, -0.05) is 30.3 Å². The molecule has 29 heavy (non-hydrogen) atoms. The summed E-state index contributed by atoms with van der Waals surface area (Å²) in [4.78, 5) is 24.3. The molecule has 0 fully saturated rings. The summed E-state index contributed by atoms with van der Waals surface area (Å²) in [6.45, 7) is 2.91. The lowest BCUT2D eigenvalue weighted by molar-refractivity contribution is -0.148. The normalized spacial score (nSPS) is 11.7. The molecule has 6 heteroatoms. The monoisotopic (exact) mass is 395 g/mol. The maximum absolute atomic E-state index is 13.5. The second kappa shape index (κ2) is 8.73. The highest BCUT2D eigenvalue weighted by molar-refractivity contribution is 5.93. The standard InChI is InChI=1S/C23H22FNO4/c1-14-4-8-19(12-21(14)24)25-22(26)13-29-23(27)15(2)16-5-6-18-11-20(28-3)9-7-17(18)10-16/h4-12,15H,13H2,1-3H3,(H,25,26)/t15-/m0/s1. The van der Waals surface area contributed by atoms with Crippen LogP contribution >= 0.6 is 0 Å². The van der Waals surface area contributed by atoms with Gasteiger partial charge in [-0.2, -0.15) is 0 Å². The summed E-state index contributed by atoms with van der Waals surface area (Å²) in [7, 11) is 1.61. The molecule has 0 bridgehead atoms. The average molecular weight is 395 g/mol. The maximum atomic E-state index is 13.5. The van der Waals surface area contributed by atoms with E-state index in [0.717, 1.165) is 22.1 Å².